The first-order chi connectivity index (χ1) is 18.1. The lowest BCUT2D eigenvalue weighted by Gasteiger charge is -2.18. The summed E-state index contributed by atoms with van der Waals surface area (Å²) in [6.07, 6.45) is -1.39. The third-order valence-corrected chi connectivity index (χ3v) is 7.69. The molecule has 1 aromatic carbocycles. The summed E-state index contributed by atoms with van der Waals surface area (Å²) >= 11 is 1.28. The SMILES string of the molecule is COC(=O)c1c(NC(=O)c2cnn3c(C(F)(F)F)cc(-c4ccc(OC)cc4)nc23)sc2c1CCC(C)C2. The van der Waals surface area contributed by atoms with Crippen molar-refractivity contribution in [3.63, 3.8) is 0 Å². The zero-order chi connectivity index (χ0) is 27.2. The van der Waals surface area contributed by atoms with Crippen molar-refractivity contribution in [2.24, 2.45) is 5.92 Å². The zero-order valence-electron chi connectivity index (χ0n) is 20.7. The zero-order valence-corrected chi connectivity index (χ0v) is 21.5. The van der Waals surface area contributed by atoms with Crippen LogP contribution >= 0.6 is 11.3 Å². The molecule has 0 saturated heterocycles. The van der Waals surface area contributed by atoms with Gasteiger partial charge in [-0.15, -0.1) is 11.3 Å². The number of carbonyl (C=O) groups is 2. The molecule has 4 aromatic rings. The number of fused-ring (bicyclic) bond motifs is 2. The van der Waals surface area contributed by atoms with E-state index < -0.39 is 23.7 Å². The number of alkyl halides is 3. The number of nitrogens with zero attached hydrogens (tertiary/aromatic N) is 3. The van der Waals surface area contributed by atoms with Gasteiger partial charge in [-0.25, -0.2) is 14.3 Å². The van der Waals surface area contributed by atoms with Crippen molar-refractivity contribution in [2.75, 3.05) is 19.5 Å². The summed E-state index contributed by atoms with van der Waals surface area (Å²) in [4.78, 5) is 31.3. The van der Waals surface area contributed by atoms with E-state index in [1.807, 2.05) is 0 Å². The third-order valence-electron chi connectivity index (χ3n) is 6.52. The molecule has 0 fully saturated rings. The van der Waals surface area contributed by atoms with Gasteiger partial charge in [0.2, 0.25) is 0 Å². The molecule has 0 bridgehead atoms. The highest BCUT2D eigenvalue weighted by Crippen LogP contribution is 2.40. The van der Waals surface area contributed by atoms with Gasteiger partial charge in [0.25, 0.3) is 5.91 Å². The first-order valence-corrected chi connectivity index (χ1v) is 12.6. The Morgan fingerprint density at radius 1 is 1.18 bits per heavy atom. The second-order valence-corrected chi connectivity index (χ2v) is 10.2. The second-order valence-electron chi connectivity index (χ2n) is 9.05. The Bertz CT molecular complexity index is 1540. The molecule has 0 radical (unpaired) electrons. The van der Waals surface area contributed by atoms with Crippen molar-refractivity contribution in [3.05, 3.63) is 63.8 Å². The molecule has 198 valence electrons. The molecular formula is C26H23F3N4O4S. The standard InChI is InChI=1S/C26H23F3N4O4S/c1-13-4-9-16-19(10-13)38-24(21(16)25(35)37-3)32-23(34)17-12-30-33-20(26(27,28)29)11-18(31-22(17)33)14-5-7-15(36-2)8-6-14/h5-8,11-13H,4,9-10H2,1-3H3,(H,32,34). The number of carbonyl (C=O) groups excluding carboxylic acids is 2. The van der Waals surface area contributed by atoms with Crippen LogP contribution in [0, 0.1) is 5.92 Å². The third kappa shape index (κ3) is 4.60. The summed E-state index contributed by atoms with van der Waals surface area (Å²) in [5.41, 5.74) is 0.0287. The largest absolute Gasteiger partial charge is 0.497 e. The van der Waals surface area contributed by atoms with Crippen LogP contribution in [0.5, 0.6) is 5.75 Å². The molecule has 0 spiro atoms. The molecule has 0 aliphatic heterocycles. The second kappa shape index (κ2) is 9.75. The van der Waals surface area contributed by atoms with Crippen LogP contribution in [0.15, 0.2) is 36.5 Å². The lowest BCUT2D eigenvalue weighted by atomic mass is 9.88. The van der Waals surface area contributed by atoms with Crippen molar-refractivity contribution in [1.29, 1.82) is 0 Å². The summed E-state index contributed by atoms with van der Waals surface area (Å²) in [7, 11) is 2.74. The Morgan fingerprint density at radius 2 is 1.92 bits per heavy atom. The van der Waals surface area contributed by atoms with Crippen LogP contribution in [-0.4, -0.2) is 40.7 Å². The highest BCUT2D eigenvalue weighted by Gasteiger charge is 2.36. The molecule has 1 N–H and O–H groups in total. The van der Waals surface area contributed by atoms with Crippen LogP contribution in [0.2, 0.25) is 0 Å². The number of nitrogens with one attached hydrogen (secondary N) is 1. The van der Waals surface area contributed by atoms with Gasteiger partial charge in [-0.3, -0.25) is 4.79 Å². The molecule has 1 aliphatic rings. The summed E-state index contributed by atoms with van der Waals surface area (Å²) < 4.78 is 52.6. The number of thiophene rings is 1. The van der Waals surface area contributed by atoms with Crippen LogP contribution in [0.4, 0.5) is 18.2 Å². The van der Waals surface area contributed by atoms with Gasteiger partial charge in [0, 0.05) is 10.4 Å². The number of benzene rings is 1. The molecule has 3 aromatic heterocycles. The van der Waals surface area contributed by atoms with Crippen LogP contribution in [-0.2, 0) is 23.8 Å². The van der Waals surface area contributed by atoms with E-state index in [-0.39, 0.29) is 22.5 Å². The molecule has 38 heavy (non-hydrogen) atoms. The molecule has 0 saturated carbocycles. The van der Waals surface area contributed by atoms with E-state index in [1.165, 1.54) is 25.6 Å². The first-order valence-electron chi connectivity index (χ1n) is 11.7. The predicted molar refractivity (Wildman–Crippen MR) is 135 cm³/mol. The molecule has 12 heteroatoms. The van der Waals surface area contributed by atoms with Crippen LogP contribution in [0.25, 0.3) is 16.9 Å². The maximum Gasteiger partial charge on any atom is 0.433 e. The van der Waals surface area contributed by atoms with E-state index in [1.54, 1.807) is 24.3 Å². The minimum atomic E-state index is -4.76. The van der Waals surface area contributed by atoms with Gasteiger partial charge >= 0.3 is 12.1 Å². The number of hydrogen-bond donors (Lipinski definition) is 1. The average molecular weight is 545 g/mol. The normalized spacial score (nSPS) is 15.3. The molecule has 3 heterocycles. The minimum absolute atomic E-state index is 0.0119. The Balaban J connectivity index is 1.59. The predicted octanol–water partition coefficient (Wildman–Crippen LogP) is 5.65. The number of rotatable bonds is 5. The fourth-order valence-corrected chi connectivity index (χ4v) is 5.96. The van der Waals surface area contributed by atoms with E-state index in [2.05, 4.69) is 22.3 Å². The van der Waals surface area contributed by atoms with Crippen molar-refractivity contribution >= 4 is 33.9 Å². The van der Waals surface area contributed by atoms with Gasteiger partial charge < -0.3 is 14.8 Å². The minimum Gasteiger partial charge on any atom is -0.497 e. The Morgan fingerprint density at radius 3 is 2.58 bits per heavy atom. The van der Waals surface area contributed by atoms with Crippen LogP contribution in [0.1, 0.15) is 50.2 Å². The van der Waals surface area contributed by atoms with Gasteiger partial charge in [0.15, 0.2) is 11.3 Å². The maximum absolute atomic E-state index is 14.0. The van der Waals surface area contributed by atoms with E-state index in [0.29, 0.717) is 33.2 Å². The van der Waals surface area contributed by atoms with Crippen molar-refractivity contribution in [1.82, 2.24) is 14.6 Å². The van der Waals surface area contributed by atoms with Gasteiger partial charge in [-0.1, -0.05) is 6.92 Å². The van der Waals surface area contributed by atoms with Gasteiger partial charge in [0.1, 0.15) is 16.3 Å². The first kappa shape index (κ1) is 25.7. The summed E-state index contributed by atoms with van der Waals surface area (Å²) in [6.45, 7) is 2.11. The number of amides is 1. The number of halogens is 3. The van der Waals surface area contributed by atoms with Gasteiger partial charge in [-0.05, 0) is 61.1 Å². The number of anilines is 1. The quantitative estimate of drug-likeness (QED) is 0.327. The lowest BCUT2D eigenvalue weighted by Crippen LogP contribution is -2.17. The van der Waals surface area contributed by atoms with Gasteiger partial charge in [0.05, 0.1) is 31.7 Å². The smallest absolute Gasteiger partial charge is 0.433 e. The molecule has 5 rings (SSSR count). The molecule has 1 aliphatic carbocycles. The van der Waals surface area contributed by atoms with Crippen molar-refractivity contribution < 1.29 is 32.2 Å². The van der Waals surface area contributed by atoms with E-state index in [0.717, 1.165) is 35.5 Å². The Labute approximate surface area is 219 Å². The highest BCUT2D eigenvalue weighted by molar-refractivity contribution is 7.17. The topological polar surface area (TPSA) is 94.8 Å². The summed E-state index contributed by atoms with van der Waals surface area (Å²) in [5.74, 6) is -0.350. The summed E-state index contributed by atoms with van der Waals surface area (Å²) in [6, 6.07) is 7.24. The molecule has 1 atom stereocenters. The monoisotopic (exact) mass is 544 g/mol. The fourth-order valence-electron chi connectivity index (χ4n) is 4.56. The van der Waals surface area contributed by atoms with Gasteiger partial charge in [-0.2, -0.15) is 18.3 Å². The fraction of sp³-hybridized carbons (Fsp3) is 0.308. The molecule has 1 unspecified atom stereocenters. The average Bonchev–Trinajstić information content (AvgIpc) is 3.47. The molecule has 1 amide bonds. The number of ether oxygens (including phenoxy) is 2. The van der Waals surface area contributed by atoms with Crippen molar-refractivity contribution in [3.8, 4) is 17.0 Å². The summed E-state index contributed by atoms with van der Waals surface area (Å²) in [5, 5.41) is 6.83. The number of methoxy groups -OCH3 is 2. The van der Waals surface area contributed by atoms with E-state index in [4.69, 9.17) is 9.47 Å². The molecule has 8 nitrogen and oxygen atoms in total. The van der Waals surface area contributed by atoms with Crippen LogP contribution < -0.4 is 10.1 Å². The number of esters is 1. The maximum atomic E-state index is 14.0. The van der Waals surface area contributed by atoms with Crippen LogP contribution in [0.3, 0.4) is 0 Å². The number of aromatic nitrogens is 3. The lowest BCUT2D eigenvalue weighted by molar-refractivity contribution is -0.142. The van der Waals surface area contributed by atoms with E-state index >= 15 is 0 Å². The highest BCUT2D eigenvalue weighted by atomic mass is 32.1. The van der Waals surface area contributed by atoms with E-state index in [9.17, 15) is 22.8 Å². The Kier molecular flexibility index (Phi) is 6.59. The number of hydrogen-bond acceptors (Lipinski definition) is 7. The van der Waals surface area contributed by atoms with Crippen molar-refractivity contribution in [2.45, 2.75) is 32.4 Å². The molecular weight excluding hydrogens is 521 g/mol. The Hall–Kier alpha value is -3.93.